The van der Waals surface area contributed by atoms with Crippen LogP contribution in [-0.4, -0.2) is 71.4 Å². The first-order chi connectivity index (χ1) is 16.7. The van der Waals surface area contributed by atoms with Gasteiger partial charge in [-0.15, -0.1) is 0 Å². The van der Waals surface area contributed by atoms with Gasteiger partial charge in [0, 0.05) is 54.4 Å². The third-order valence-electron chi connectivity index (χ3n) is 7.66. The SMILES string of the molecule is CS(=O)(=O)c1cc(Cl)ccc1-c1ccc(C2CN(C(=O)N3CC4(CC(n5cncn5)C4)C3)C2)cc1. The van der Waals surface area contributed by atoms with Crippen LogP contribution in [-0.2, 0) is 9.84 Å². The maximum atomic E-state index is 12.9. The summed E-state index contributed by atoms with van der Waals surface area (Å²) in [5, 5.41) is 4.62. The number of hydrogen-bond donors (Lipinski definition) is 0. The minimum absolute atomic E-state index is 0.131. The Balaban J connectivity index is 1.04. The van der Waals surface area contributed by atoms with Crippen LogP contribution in [0.15, 0.2) is 60.0 Å². The predicted octanol–water partition coefficient (Wildman–Crippen LogP) is 3.86. The van der Waals surface area contributed by atoms with Gasteiger partial charge in [0.1, 0.15) is 12.7 Å². The fourth-order valence-electron chi connectivity index (χ4n) is 5.71. The van der Waals surface area contributed by atoms with Crippen molar-refractivity contribution in [3.63, 3.8) is 0 Å². The van der Waals surface area contributed by atoms with Gasteiger partial charge in [-0.05, 0) is 36.1 Å². The van der Waals surface area contributed by atoms with Crippen molar-refractivity contribution in [2.45, 2.75) is 29.7 Å². The van der Waals surface area contributed by atoms with Gasteiger partial charge in [0.25, 0.3) is 0 Å². The maximum absolute atomic E-state index is 12.9. The number of amides is 2. The second-order valence-corrected chi connectivity index (χ2v) is 12.6. The molecule has 0 unspecified atom stereocenters. The van der Waals surface area contributed by atoms with Gasteiger partial charge >= 0.3 is 6.03 Å². The van der Waals surface area contributed by atoms with Gasteiger partial charge in [-0.2, -0.15) is 5.10 Å². The first-order valence-corrected chi connectivity index (χ1v) is 14.0. The molecular weight excluding hydrogens is 486 g/mol. The Hall–Kier alpha value is -2.91. The molecule has 6 rings (SSSR count). The van der Waals surface area contributed by atoms with Crippen LogP contribution in [0.5, 0.6) is 0 Å². The van der Waals surface area contributed by atoms with E-state index < -0.39 is 9.84 Å². The molecule has 0 bridgehead atoms. The summed E-state index contributed by atoms with van der Waals surface area (Å²) in [6, 6.07) is 13.4. The summed E-state index contributed by atoms with van der Waals surface area (Å²) < 4.78 is 26.4. The van der Waals surface area contributed by atoms with Crippen LogP contribution in [0.4, 0.5) is 4.79 Å². The predicted molar refractivity (Wildman–Crippen MR) is 132 cm³/mol. The topological polar surface area (TPSA) is 88.4 Å². The van der Waals surface area contributed by atoms with Crippen molar-refractivity contribution in [1.29, 1.82) is 0 Å². The minimum atomic E-state index is -3.41. The van der Waals surface area contributed by atoms with Crippen molar-refractivity contribution >= 4 is 27.5 Å². The number of nitrogens with zero attached hydrogens (tertiary/aromatic N) is 5. The molecule has 3 heterocycles. The molecule has 1 saturated carbocycles. The molecule has 3 aromatic rings. The fourth-order valence-corrected chi connectivity index (χ4v) is 6.87. The number of rotatable bonds is 4. The number of urea groups is 1. The number of benzene rings is 2. The third-order valence-corrected chi connectivity index (χ3v) is 9.03. The number of halogens is 1. The van der Waals surface area contributed by atoms with E-state index in [0.29, 0.717) is 35.6 Å². The zero-order valence-corrected chi connectivity index (χ0v) is 20.9. The Morgan fingerprint density at radius 2 is 1.77 bits per heavy atom. The van der Waals surface area contributed by atoms with Crippen LogP contribution >= 0.6 is 11.6 Å². The van der Waals surface area contributed by atoms with Crippen molar-refractivity contribution in [3.8, 4) is 11.1 Å². The monoisotopic (exact) mass is 511 g/mol. The molecule has 1 aliphatic carbocycles. The van der Waals surface area contributed by atoms with Crippen LogP contribution in [0.3, 0.4) is 0 Å². The molecular formula is C25H26ClN5O3S. The highest BCUT2D eigenvalue weighted by atomic mass is 35.5. The summed E-state index contributed by atoms with van der Waals surface area (Å²) in [5.74, 6) is 0.295. The van der Waals surface area contributed by atoms with Crippen LogP contribution in [0, 0.1) is 5.41 Å². The summed E-state index contributed by atoms with van der Waals surface area (Å²) >= 11 is 6.03. The molecule has 0 radical (unpaired) electrons. The molecule has 1 aromatic heterocycles. The van der Waals surface area contributed by atoms with Crippen LogP contribution < -0.4 is 0 Å². The molecule has 8 nitrogen and oxygen atoms in total. The molecule has 2 aromatic carbocycles. The summed E-state index contributed by atoms with van der Waals surface area (Å²) in [6.45, 7) is 3.07. The van der Waals surface area contributed by atoms with Gasteiger partial charge in [0.2, 0.25) is 0 Å². The van der Waals surface area contributed by atoms with Gasteiger partial charge in [-0.25, -0.2) is 22.9 Å². The number of carbonyl (C=O) groups is 1. The average molecular weight is 512 g/mol. The van der Waals surface area contributed by atoms with E-state index in [-0.39, 0.29) is 16.3 Å². The molecule has 182 valence electrons. The lowest BCUT2D eigenvalue weighted by atomic mass is 9.61. The average Bonchev–Trinajstić information content (AvgIpc) is 3.25. The normalized spacial score (nSPS) is 19.8. The Morgan fingerprint density at radius 3 is 2.40 bits per heavy atom. The van der Waals surface area contributed by atoms with Crippen molar-refractivity contribution in [1.82, 2.24) is 24.6 Å². The molecule has 0 atom stereocenters. The van der Waals surface area contributed by atoms with E-state index in [1.165, 1.54) is 12.3 Å². The molecule has 2 aliphatic heterocycles. The summed E-state index contributed by atoms with van der Waals surface area (Å²) in [5.41, 5.74) is 2.89. The van der Waals surface area contributed by atoms with Crippen molar-refractivity contribution in [2.75, 3.05) is 32.4 Å². The van der Waals surface area contributed by atoms with Gasteiger partial charge in [-0.1, -0.05) is 41.9 Å². The zero-order chi connectivity index (χ0) is 24.4. The van der Waals surface area contributed by atoms with E-state index in [1.54, 1.807) is 24.8 Å². The Morgan fingerprint density at radius 1 is 1.06 bits per heavy atom. The molecule has 2 saturated heterocycles. The van der Waals surface area contributed by atoms with E-state index in [2.05, 4.69) is 10.1 Å². The van der Waals surface area contributed by atoms with Gasteiger partial charge in [0.05, 0.1) is 10.9 Å². The first kappa shape index (κ1) is 22.5. The van der Waals surface area contributed by atoms with E-state index in [1.807, 2.05) is 38.7 Å². The molecule has 0 N–H and O–H groups in total. The molecule has 3 fully saturated rings. The summed E-state index contributed by atoms with van der Waals surface area (Å²) in [7, 11) is -3.41. The van der Waals surface area contributed by atoms with Crippen molar-refractivity contribution in [3.05, 3.63) is 65.7 Å². The van der Waals surface area contributed by atoms with E-state index >= 15 is 0 Å². The zero-order valence-electron chi connectivity index (χ0n) is 19.3. The lowest BCUT2D eigenvalue weighted by Crippen LogP contribution is -2.67. The second-order valence-electron chi connectivity index (χ2n) is 10.2. The molecule has 2 amide bonds. The van der Waals surface area contributed by atoms with Crippen LogP contribution in [0.1, 0.15) is 30.4 Å². The largest absolute Gasteiger partial charge is 0.323 e. The van der Waals surface area contributed by atoms with Gasteiger partial charge < -0.3 is 9.80 Å². The van der Waals surface area contributed by atoms with E-state index in [0.717, 1.165) is 37.1 Å². The quantitative estimate of drug-likeness (QED) is 0.530. The molecule has 1 spiro atoms. The smallest absolute Gasteiger partial charge is 0.320 e. The number of carbonyl (C=O) groups excluding carboxylic acids is 1. The minimum Gasteiger partial charge on any atom is -0.323 e. The lowest BCUT2D eigenvalue weighted by molar-refractivity contribution is -0.0771. The lowest BCUT2D eigenvalue weighted by Gasteiger charge is -2.60. The number of likely N-dealkylation sites (tertiary alicyclic amines) is 2. The van der Waals surface area contributed by atoms with E-state index in [4.69, 9.17) is 11.6 Å². The highest BCUT2D eigenvalue weighted by Gasteiger charge is 2.55. The highest BCUT2D eigenvalue weighted by Crippen LogP contribution is 2.54. The van der Waals surface area contributed by atoms with Crippen molar-refractivity contribution < 1.29 is 13.2 Å². The fraction of sp³-hybridized carbons (Fsp3) is 0.400. The third kappa shape index (κ3) is 4.00. The Bertz CT molecular complexity index is 1370. The number of aromatic nitrogens is 3. The summed E-state index contributed by atoms with van der Waals surface area (Å²) in [4.78, 5) is 21.0. The van der Waals surface area contributed by atoms with Crippen molar-refractivity contribution in [2.24, 2.45) is 5.41 Å². The van der Waals surface area contributed by atoms with Crippen LogP contribution in [0.25, 0.3) is 11.1 Å². The first-order valence-electron chi connectivity index (χ1n) is 11.7. The van der Waals surface area contributed by atoms with Crippen LogP contribution in [0.2, 0.25) is 5.02 Å². The van der Waals surface area contributed by atoms with Gasteiger partial charge in [0.15, 0.2) is 9.84 Å². The Kier molecular flexibility index (Phi) is 5.19. The molecule has 3 aliphatic rings. The second kappa shape index (κ2) is 8.06. The molecule has 10 heteroatoms. The van der Waals surface area contributed by atoms with Gasteiger partial charge in [-0.3, -0.25) is 0 Å². The highest BCUT2D eigenvalue weighted by molar-refractivity contribution is 7.90. The number of hydrogen-bond acceptors (Lipinski definition) is 5. The Labute approximate surface area is 209 Å². The maximum Gasteiger partial charge on any atom is 0.320 e. The molecule has 35 heavy (non-hydrogen) atoms. The van der Waals surface area contributed by atoms with E-state index in [9.17, 15) is 13.2 Å². The standard InChI is InChI=1S/C25H26ClN5O3S/c1-35(33,34)23-8-20(26)6-7-22(23)18-4-2-17(3-5-18)19-11-29(12-19)24(32)30-13-25(14-30)9-21(10-25)31-16-27-15-28-31/h2-8,15-16,19,21H,9-14H2,1H3. The summed E-state index contributed by atoms with van der Waals surface area (Å²) in [6.07, 6.45) is 6.65. The number of sulfone groups is 1.